The van der Waals surface area contributed by atoms with Gasteiger partial charge in [-0.05, 0) is 42.7 Å². The fourth-order valence-electron chi connectivity index (χ4n) is 4.70. The van der Waals surface area contributed by atoms with E-state index in [1.807, 2.05) is 6.92 Å². The van der Waals surface area contributed by atoms with Gasteiger partial charge in [0.25, 0.3) is 5.56 Å². The number of aliphatic hydroxyl groups excluding tert-OH is 3. The van der Waals surface area contributed by atoms with Gasteiger partial charge in [0.15, 0.2) is 5.60 Å². The summed E-state index contributed by atoms with van der Waals surface area (Å²) in [6.45, 7) is 2.72. The molecule has 37 heavy (non-hydrogen) atoms. The van der Waals surface area contributed by atoms with Crippen LogP contribution in [-0.2, 0) is 34.7 Å². The number of nitrogens with two attached hydrogens (primary N) is 1. The second kappa shape index (κ2) is 9.84. The van der Waals surface area contributed by atoms with Crippen molar-refractivity contribution in [1.29, 1.82) is 0 Å². The normalized spacial score (nSPS) is 18.0. The number of aliphatic hydroxyl groups is 4. The van der Waals surface area contributed by atoms with Gasteiger partial charge in [0, 0.05) is 16.5 Å². The topological polar surface area (TPSA) is 188 Å². The molecule has 1 atom stereocenters. The van der Waals surface area contributed by atoms with E-state index in [0.717, 1.165) is 22.0 Å². The van der Waals surface area contributed by atoms with Gasteiger partial charge < -0.3 is 40.6 Å². The van der Waals surface area contributed by atoms with Crippen molar-refractivity contribution in [1.82, 2.24) is 9.55 Å². The summed E-state index contributed by atoms with van der Waals surface area (Å²) in [7, 11) is 0. The highest BCUT2D eigenvalue weighted by Crippen LogP contribution is 2.40. The number of nitrogens with zero attached hydrogens (tertiary/aromatic N) is 2. The lowest BCUT2D eigenvalue weighted by Crippen LogP contribution is -2.50. The Hall–Kier alpha value is -3.35. The average molecular weight is 514 g/mol. The third kappa shape index (κ3) is 4.28. The second-order valence-corrected chi connectivity index (χ2v) is 9.41. The predicted molar refractivity (Wildman–Crippen MR) is 134 cm³/mol. The number of cyclic esters (lactones) is 1. The molecule has 4 heterocycles. The van der Waals surface area contributed by atoms with E-state index in [9.17, 15) is 19.8 Å². The summed E-state index contributed by atoms with van der Waals surface area (Å²) in [5.41, 5.74) is 6.40. The number of carbonyl (C=O) groups is 1. The lowest BCUT2D eigenvalue weighted by Gasteiger charge is -2.31. The lowest BCUT2D eigenvalue weighted by atomic mass is 9.86. The number of rotatable bonds is 5. The summed E-state index contributed by atoms with van der Waals surface area (Å²) in [5.74, 6) is -0.563. The molecule has 11 nitrogen and oxygen atoms in total. The van der Waals surface area contributed by atoms with Crippen LogP contribution in [0, 0.1) is 0 Å². The molecule has 0 fully saturated rings. The summed E-state index contributed by atoms with van der Waals surface area (Å²) >= 11 is 0. The molecule has 0 unspecified atom stereocenters. The molecule has 0 saturated carbocycles. The zero-order valence-electron chi connectivity index (χ0n) is 20.7. The zero-order valence-corrected chi connectivity index (χ0v) is 20.7. The Morgan fingerprint density at radius 3 is 2.35 bits per heavy atom. The highest BCUT2D eigenvalue weighted by Gasteiger charge is 2.45. The van der Waals surface area contributed by atoms with Gasteiger partial charge in [0.2, 0.25) is 0 Å². The molecule has 0 spiro atoms. The maximum atomic E-state index is 13.2. The molecule has 7 N–H and O–H groups in total. The minimum atomic E-state index is -1.83. The van der Waals surface area contributed by atoms with Gasteiger partial charge in [0.05, 0.1) is 54.4 Å². The molecule has 11 heteroatoms. The number of aryl methyl sites for hydroxylation is 1. The van der Waals surface area contributed by atoms with E-state index in [4.69, 9.17) is 30.8 Å². The van der Waals surface area contributed by atoms with Crippen LogP contribution in [0.5, 0.6) is 5.75 Å². The Kier molecular flexibility index (Phi) is 7.10. The molecule has 0 saturated heterocycles. The molecule has 0 radical (unpaired) electrons. The third-order valence-electron chi connectivity index (χ3n) is 7.09. The number of pyridine rings is 2. The van der Waals surface area contributed by atoms with Crippen LogP contribution in [0.1, 0.15) is 42.5 Å². The fraction of sp³-hybridized carbons (Fsp3) is 0.423. The quantitative estimate of drug-likeness (QED) is 0.198. The molecule has 2 aliphatic rings. The number of phenols is 1. The molecule has 3 aromatic rings. The zero-order chi connectivity index (χ0) is 27.1. The fourth-order valence-corrected chi connectivity index (χ4v) is 4.70. The monoisotopic (exact) mass is 513 g/mol. The highest BCUT2D eigenvalue weighted by atomic mass is 16.6. The number of aromatic nitrogens is 2. The number of carbonyl (C=O) groups excluding carboxylic acids is 1. The first kappa shape index (κ1) is 26.7. The number of benzene rings is 1. The van der Waals surface area contributed by atoms with Crippen LogP contribution in [0.2, 0.25) is 0 Å². The summed E-state index contributed by atoms with van der Waals surface area (Å²) < 4.78 is 6.73. The van der Waals surface area contributed by atoms with Crippen molar-refractivity contribution in [2.24, 2.45) is 5.73 Å². The van der Waals surface area contributed by atoms with Crippen LogP contribution in [0.4, 0.5) is 0 Å². The minimum Gasteiger partial charge on any atom is -0.508 e. The molecular formula is C26H31N3O8. The van der Waals surface area contributed by atoms with Crippen LogP contribution in [0.25, 0.3) is 22.3 Å². The van der Waals surface area contributed by atoms with Gasteiger partial charge >= 0.3 is 5.97 Å². The Balaban J connectivity index is 0.000000349. The van der Waals surface area contributed by atoms with Crippen LogP contribution in [0.15, 0.2) is 29.1 Å². The van der Waals surface area contributed by atoms with Crippen molar-refractivity contribution in [3.05, 3.63) is 56.9 Å². The third-order valence-corrected chi connectivity index (χ3v) is 7.09. The number of hydrogen-bond acceptors (Lipinski definition) is 10. The van der Waals surface area contributed by atoms with Crippen LogP contribution < -0.4 is 11.3 Å². The number of esters is 1. The van der Waals surface area contributed by atoms with Crippen molar-refractivity contribution in [2.75, 3.05) is 19.8 Å². The van der Waals surface area contributed by atoms with Gasteiger partial charge in [-0.1, -0.05) is 13.8 Å². The maximum absolute atomic E-state index is 13.2. The molecule has 0 bridgehead atoms. The number of aromatic hydroxyl groups is 1. The van der Waals surface area contributed by atoms with E-state index in [2.05, 4.69) is 0 Å². The molecule has 198 valence electrons. The first-order valence-corrected chi connectivity index (χ1v) is 12.0. The molecule has 5 rings (SSSR count). The smallest absolute Gasteiger partial charge is 0.343 e. The van der Waals surface area contributed by atoms with Crippen molar-refractivity contribution in [3.63, 3.8) is 0 Å². The Morgan fingerprint density at radius 2 is 1.78 bits per heavy atom. The van der Waals surface area contributed by atoms with Gasteiger partial charge in [0.1, 0.15) is 12.4 Å². The molecular weight excluding hydrogens is 482 g/mol. The Bertz CT molecular complexity index is 1420. The highest BCUT2D eigenvalue weighted by molar-refractivity contribution is 5.89. The van der Waals surface area contributed by atoms with E-state index in [1.54, 1.807) is 35.8 Å². The first-order valence-electron chi connectivity index (χ1n) is 12.0. The minimum absolute atomic E-state index is 0.110. The van der Waals surface area contributed by atoms with Crippen molar-refractivity contribution in [3.8, 4) is 17.1 Å². The molecule has 2 aliphatic heterocycles. The maximum Gasteiger partial charge on any atom is 0.343 e. The standard InChI is InChI=1S/C22H20N2O5.C4H11NO3/c1-3-12-13-7-11(25)5-6-17(13)23-19-14(12)9-24-18(19)8-16-15(20(24)26)10-29-21(27)22(16,28)4-2;5-4(1-6,2-7)3-8/h5-8,25,28H,3-4,9-10H2,1-2H3;6-8H,1-3,5H2/t22-;/m0./s1. The Labute approximate surface area is 212 Å². The first-order chi connectivity index (χ1) is 17.6. The largest absolute Gasteiger partial charge is 0.508 e. The summed E-state index contributed by atoms with van der Waals surface area (Å²) in [6.07, 6.45) is 0.826. The van der Waals surface area contributed by atoms with Gasteiger partial charge in [-0.25, -0.2) is 9.78 Å². The predicted octanol–water partition coefficient (Wildman–Crippen LogP) is 0.00840. The molecule has 1 aromatic carbocycles. The average Bonchev–Trinajstić information content (AvgIpc) is 3.28. The molecule has 0 amide bonds. The van der Waals surface area contributed by atoms with Crippen LogP contribution in [0.3, 0.4) is 0 Å². The van der Waals surface area contributed by atoms with Crippen LogP contribution >= 0.6 is 0 Å². The van der Waals surface area contributed by atoms with E-state index < -0.39 is 36.9 Å². The number of hydrogen-bond donors (Lipinski definition) is 6. The van der Waals surface area contributed by atoms with Crippen LogP contribution in [-0.4, -0.2) is 66.4 Å². The summed E-state index contributed by atoms with van der Waals surface area (Å²) in [6, 6.07) is 6.75. The number of ether oxygens (including phenoxy) is 1. The Morgan fingerprint density at radius 1 is 1.11 bits per heavy atom. The second-order valence-electron chi connectivity index (χ2n) is 9.41. The van der Waals surface area contributed by atoms with Gasteiger partial charge in [-0.3, -0.25) is 4.79 Å². The van der Waals surface area contributed by atoms with E-state index >= 15 is 0 Å². The SMILES string of the molecule is CCc1c2c(nc3ccc(O)cc13)-c1cc3c(c(=O)n1C2)COC(=O)[C@]3(O)CC.NC(CO)(CO)CO. The summed E-state index contributed by atoms with van der Waals surface area (Å²) in [4.78, 5) is 30.2. The summed E-state index contributed by atoms with van der Waals surface area (Å²) in [5, 5.41) is 46.7. The van der Waals surface area contributed by atoms with Crippen molar-refractivity contribution < 1.29 is 35.1 Å². The van der Waals surface area contributed by atoms with Crippen molar-refractivity contribution in [2.45, 2.75) is 51.0 Å². The van der Waals surface area contributed by atoms with E-state index in [0.29, 0.717) is 35.5 Å². The van der Waals surface area contributed by atoms with E-state index in [-0.39, 0.29) is 24.3 Å². The van der Waals surface area contributed by atoms with E-state index in [1.165, 1.54) is 0 Å². The van der Waals surface area contributed by atoms with Gasteiger partial charge in [-0.2, -0.15) is 0 Å². The molecule has 0 aliphatic carbocycles. The number of fused-ring (bicyclic) bond motifs is 5. The molecule has 2 aromatic heterocycles. The van der Waals surface area contributed by atoms with Crippen molar-refractivity contribution >= 4 is 16.9 Å². The number of phenolic OH excluding ortho intramolecular Hbond substituents is 1. The van der Waals surface area contributed by atoms with Gasteiger partial charge in [-0.15, -0.1) is 0 Å². The lowest BCUT2D eigenvalue weighted by molar-refractivity contribution is -0.172.